The summed E-state index contributed by atoms with van der Waals surface area (Å²) in [5.74, 6) is 2.44. The lowest BCUT2D eigenvalue weighted by atomic mass is 10.4. The van der Waals surface area contributed by atoms with Crippen LogP contribution in [0.1, 0.15) is 0 Å². The molecule has 0 aliphatic heterocycles. The maximum absolute atomic E-state index is 5.08. The van der Waals surface area contributed by atoms with Gasteiger partial charge in [0.05, 0.1) is 28.6 Å². The van der Waals surface area contributed by atoms with Gasteiger partial charge in [-0.25, -0.2) is 0 Å². The first kappa shape index (κ1) is 8.50. The zero-order chi connectivity index (χ0) is 7.11. The molecule has 1 N–H and O–H groups in total. The number of terminal acetylenes is 1. The van der Waals surface area contributed by atoms with Crippen molar-refractivity contribution in [1.82, 2.24) is 3.53 Å². The van der Waals surface area contributed by atoms with Gasteiger partial charge in [-0.05, 0) is 6.08 Å². The lowest BCUT2D eigenvalue weighted by Crippen LogP contribution is -1.93. The summed E-state index contributed by atoms with van der Waals surface area (Å²) in [5.41, 5.74) is 0.723. The molecule has 0 spiro atoms. The normalized spacial score (nSPS) is 11.4. The number of nitrogens with one attached hydrogen (secondary N) is 1. The van der Waals surface area contributed by atoms with Crippen LogP contribution in [0.3, 0.4) is 0 Å². The average molecular weight is 234 g/mol. The van der Waals surface area contributed by atoms with Gasteiger partial charge in [0, 0.05) is 13.3 Å². The number of rotatable bonds is 2. The van der Waals surface area contributed by atoms with Crippen molar-refractivity contribution in [2.24, 2.45) is 4.99 Å². The summed E-state index contributed by atoms with van der Waals surface area (Å²) in [6.07, 6.45) is 8.45. The van der Waals surface area contributed by atoms with E-state index in [4.69, 9.17) is 6.42 Å². The maximum atomic E-state index is 5.08. The molecule has 0 radical (unpaired) electrons. The molecule has 0 amide bonds. The first-order valence-corrected chi connectivity index (χ1v) is 3.38. The number of halogens is 1. The van der Waals surface area contributed by atoms with Gasteiger partial charge in [-0.3, -0.25) is 4.99 Å². The summed E-state index contributed by atoms with van der Waals surface area (Å²) >= 11 is 1.97. The maximum Gasteiger partial charge on any atom is 0.0952 e. The highest BCUT2D eigenvalue weighted by Gasteiger charge is 1.80. The van der Waals surface area contributed by atoms with E-state index in [0.29, 0.717) is 0 Å². The van der Waals surface area contributed by atoms with Gasteiger partial charge in [0.1, 0.15) is 0 Å². The summed E-state index contributed by atoms with van der Waals surface area (Å²) in [5, 5.41) is 0. The second-order valence-electron chi connectivity index (χ2n) is 1.23. The van der Waals surface area contributed by atoms with E-state index in [1.165, 1.54) is 0 Å². The van der Waals surface area contributed by atoms with Crippen LogP contribution in [0, 0.1) is 12.3 Å². The zero-order valence-corrected chi connectivity index (χ0v) is 7.21. The third-order valence-corrected chi connectivity index (χ3v) is 1.23. The highest BCUT2D eigenvalue weighted by Crippen LogP contribution is 1.86. The van der Waals surface area contributed by atoms with Crippen LogP contribution in [-0.2, 0) is 0 Å². The first-order chi connectivity index (χ1) is 4.35. The van der Waals surface area contributed by atoms with Crippen LogP contribution in [-0.4, -0.2) is 13.3 Å². The molecule has 0 bridgehead atoms. The molecule has 0 aromatic heterocycles. The molecule has 0 saturated carbocycles. The average Bonchev–Trinajstić information content (AvgIpc) is 1.91. The van der Waals surface area contributed by atoms with Gasteiger partial charge in [0.25, 0.3) is 0 Å². The van der Waals surface area contributed by atoms with Crippen LogP contribution in [0.25, 0.3) is 0 Å². The Kier molecular flexibility index (Phi) is 5.32. The van der Waals surface area contributed by atoms with E-state index in [2.05, 4.69) is 14.4 Å². The molecule has 2 nitrogen and oxygen atoms in total. The van der Waals surface area contributed by atoms with Crippen molar-refractivity contribution in [3.8, 4) is 12.3 Å². The SMILES string of the molecule is C#CC(=CC=NC)NI. The molecule has 0 aliphatic rings. The fraction of sp³-hybridized carbons (Fsp3) is 0.167. The molecule has 48 valence electrons. The van der Waals surface area contributed by atoms with E-state index in [1.807, 2.05) is 22.9 Å². The summed E-state index contributed by atoms with van der Waals surface area (Å²) in [4.78, 5) is 3.73. The summed E-state index contributed by atoms with van der Waals surface area (Å²) in [6, 6.07) is 0. The molecule has 0 aromatic carbocycles. The van der Waals surface area contributed by atoms with E-state index in [-0.39, 0.29) is 0 Å². The largest absolute Gasteiger partial charge is 0.321 e. The van der Waals surface area contributed by atoms with Crippen molar-refractivity contribution in [2.45, 2.75) is 0 Å². The molecule has 0 fully saturated rings. The molecule has 0 aromatic rings. The molecule has 3 heteroatoms. The highest BCUT2D eigenvalue weighted by molar-refractivity contribution is 14.1. The first-order valence-electron chi connectivity index (χ1n) is 2.31. The summed E-state index contributed by atoms with van der Waals surface area (Å²) in [7, 11) is 1.69. The predicted molar refractivity (Wildman–Crippen MR) is 48.5 cm³/mol. The fourth-order valence-corrected chi connectivity index (χ4v) is 0.591. The minimum atomic E-state index is 0.723. The standard InChI is InChI=1S/C6H7IN2/c1-3-6(9-7)4-5-8-2/h1,4-5,9H,2H3. The Morgan fingerprint density at radius 3 is 2.89 bits per heavy atom. The van der Waals surface area contributed by atoms with E-state index in [9.17, 15) is 0 Å². The molecule has 0 aliphatic carbocycles. The minimum absolute atomic E-state index is 0.723. The Morgan fingerprint density at radius 1 is 1.89 bits per heavy atom. The van der Waals surface area contributed by atoms with Gasteiger partial charge in [0.2, 0.25) is 0 Å². The van der Waals surface area contributed by atoms with Crippen LogP contribution in [0.15, 0.2) is 16.8 Å². The Morgan fingerprint density at radius 2 is 2.56 bits per heavy atom. The quantitative estimate of drug-likeness (QED) is 0.329. The van der Waals surface area contributed by atoms with Crippen molar-refractivity contribution in [3.63, 3.8) is 0 Å². The van der Waals surface area contributed by atoms with Crippen molar-refractivity contribution in [2.75, 3.05) is 7.05 Å². The Labute approximate surface area is 68.9 Å². The smallest absolute Gasteiger partial charge is 0.0952 e. The van der Waals surface area contributed by atoms with E-state index in [1.54, 1.807) is 19.3 Å². The van der Waals surface area contributed by atoms with Gasteiger partial charge in [-0.2, -0.15) is 0 Å². The van der Waals surface area contributed by atoms with Crippen molar-refractivity contribution in [1.29, 1.82) is 0 Å². The fourth-order valence-electron chi connectivity index (χ4n) is 0.256. The van der Waals surface area contributed by atoms with E-state index in [0.717, 1.165) is 5.70 Å². The van der Waals surface area contributed by atoms with Crippen molar-refractivity contribution in [3.05, 3.63) is 11.8 Å². The van der Waals surface area contributed by atoms with Gasteiger partial charge < -0.3 is 3.53 Å². The Hall–Kier alpha value is -0.500. The van der Waals surface area contributed by atoms with Crippen LogP contribution in [0.2, 0.25) is 0 Å². The lowest BCUT2D eigenvalue weighted by molar-refractivity contribution is 1.38. The minimum Gasteiger partial charge on any atom is -0.321 e. The van der Waals surface area contributed by atoms with E-state index >= 15 is 0 Å². The van der Waals surface area contributed by atoms with Gasteiger partial charge in [0.15, 0.2) is 0 Å². The molecule has 9 heavy (non-hydrogen) atoms. The molecular weight excluding hydrogens is 227 g/mol. The molecule has 0 heterocycles. The Balaban J connectivity index is 3.96. The van der Waals surface area contributed by atoms with Crippen molar-refractivity contribution >= 4 is 29.1 Å². The third-order valence-electron chi connectivity index (χ3n) is 0.648. The van der Waals surface area contributed by atoms with E-state index < -0.39 is 0 Å². The second kappa shape index (κ2) is 5.63. The third kappa shape index (κ3) is 4.03. The monoisotopic (exact) mass is 234 g/mol. The lowest BCUT2D eigenvalue weighted by Gasteiger charge is -1.89. The number of hydrogen-bond acceptors (Lipinski definition) is 2. The van der Waals surface area contributed by atoms with Gasteiger partial charge in [-0.1, -0.05) is 5.92 Å². The van der Waals surface area contributed by atoms with Crippen LogP contribution in [0.5, 0.6) is 0 Å². The number of nitrogens with zero attached hydrogens (tertiary/aromatic N) is 1. The van der Waals surface area contributed by atoms with Crippen LogP contribution >= 0.6 is 22.9 Å². The number of hydrogen-bond donors (Lipinski definition) is 1. The molecule has 0 rings (SSSR count). The highest BCUT2D eigenvalue weighted by atomic mass is 127. The van der Waals surface area contributed by atoms with Gasteiger partial charge in [-0.15, -0.1) is 6.42 Å². The topological polar surface area (TPSA) is 24.4 Å². The second-order valence-corrected chi connectivity index (χ2v) is 1.77. The number of allylic oxidation sites excluding steroid dienone is 2. The summed E-state index contributed by atoms with van der Waals surface area (Å²) in [6.45, 7) is 0. The van der Waals surface area contributed by atoms with Crippen LogP contribution < -0.4 is 3.53 Å². The molecule has 0 atom stereocenters. The van der Waals surface area contributed by atoms with Crippen molar-refractivity contribution < 1.29 is 0 Å². The summed E-state index contributed by atoms with van der Waals surface area (Å²) < 4.78 is 2.79. The van der Waals surface area contributed by atoms with Crippen LogP contribution in [0.4, 0.5) is 0 Å². The molecule has 0 unspecified atom stereocenters. The van der Waals surface area contributed by atoms with Gasteiger partial charge >= 0.3 is 0 Å². The zero-order valence-electron chi connectivity index (χ0n) is 5.06. The Bertz CT molecular complexity index is 164. The molecule has 0 saturated heterocycles. The molecular formula is C6H7IN2. The number of aliphatic imine (C=N–C) groups is 1. The predicted octanol–water partition coefficient (Wildman–Crippen LogP) is 1.14.